The Balaban J connectivity index is 1.58. The standard InChI is InChI=1S/C20H21N3O2/c1-25-19-7-3-6-18(11-19)14-23-9-8-22(15-20(23)24)13-17-5-2-4-16(10-17)12-21/h2-7,10-11H,8-9,13-15H2,1H3. The zero-order valence-electron chi connectivity index (χ0n) is 14.3. The molecule has 128 valence electrons. The summed E-state index contributed by atoms with van der Waals surface area (Å²) in [6, 6.07) is 17.5. The van der Waals surface area contributed by atoms with Crippen LogP contribution in [0.2, 0.25) is 0 Å². The van der Waals surface area contributed by atoms with E-state index in [0.29, 0.717) is 31.7 Å². The van der Waals surface area contributed by atoms with Crippen LogP contribution >= 0.6 is 0 Å². The minimum Gasteiger partial charge on any atom is -0.497 e. The molecular weight excluding hydrogens is 314 g/mol. The van der Waals surface area contributed by atoms with Crippen molar-refractivity contribution in [1.82, 2.24) is 9.80 Å². The lowest BCUT2D eigenvalue weighted by molar-refractivity contribution is -0.136. The van der Waals surface area contributed by atoms with Gasteiger partial charge in [0.15, 0.2) is 0 Å². The number of carbonyl (C=O) groups excluding carboxylic acids is 1. The minimum absolute atomic E-state index is 0.130. The summed E-state index contributed by atoms with van der Waals surface area (Å²) in [6.45, 7) is 3.23. The van der Waals surface area contributed by atoms with E-state index in [4.69, 9.17) is 10.00 Å². The summed E-state index contributed by atoms with van der Waals surface area (Å²) in [4.78, 5) is 16.5. The molecule has 1 fully saturated rings. The van der Waals surface area contributed by atoms with Gasteiger partial charge in [-0.15, -0.1) is 0 Å². The van der Waals surface area contributed by atoms with Crippen molar-refractivity contribution in [2.45, 2.75) is 13.1 Å². The van der Waals surface area contributed by atoms with Gasteiger partial charge in [-0.2, -0.15) is 5.26 Å². The van der Waals surface area contributed by atoms with E-state index in [9.17, 15) is 4.79 Å². The van der Waals surface area contributed by atoms with Crippen LogP contribution in [0.3, 0.4) is 0 Å². The molecule has 25 heavy (non-hydrogen) atoms. The molecule has 1 heterocycles. The summed E-state index contributed by atoms with van der Waals surface area (Å²) in [5, 5.41) is 8.99. The highest BCUT2D eigenvalue weighted by atomic mass is 16.5. The highest BCUT2D eigenvalue weighted by molar-refractivity contribution is 5.79. The molecule has 0 aliphatic carbocycles. The molecule has 3 rings (SSSR count). The monoisotopic (exact) mass is 335 g/mol. The molecular formula is C20H21N3O2. The van der Waals surface area contributed by atoms with Gasteiger partial charge in [0.2, 0.25) is 5.91 Å². The molecule has 1 aliphatic heterocycles. The fourth-order valence-electron chi connectivity index (χ4n) is 3.05. The van der Waals surface area contributed by atoms with Crippen LogP contribution in [0.4, 0.5) is 0 Å². The highest BCUT2D eigenvalue weighted by Gasteiger charge is 2.24. The lowest BCUT2D eigenvalue weighted by Gasteiger charge is -2.34. The minimum atomic E-state index is 0.130. The molecule has 0 atom stereocenters. The second kappa shape index (κ2) is 7.82. The molecule has 0 spiro atoms. The molecule has 5 heteroatoms. The number of ether oxygens (including phenoxy) is 1. The van der Waals surface area contributed by atoms with E-state index in [-0.39, 0.29) is 5.91 Å². The Labute approximate surface area is 148 Å². The molecule has 1 amide bonds. The van der Waals surface area contributed by atoms with Crippen LogP contribution in [0.15, 0.2) is 48.5 Å². The van der Waals surface area contributed by atoms with Crippen LogP contribution in [-0.2, 0) is 17.9 Å². The largest absolute Gasteiger partial charge is 0.497 e. The SMILES string of the molecule is COc1cccc(CN2CCN(Cc3cccc(C#N)c3)CC2=O)c1. The fraction of sp³-hybridized carbons (Fsp3) is 0.300. The van der Waals surface area contributed by atoms with Gasteiger partial charge in [0.25, 0.3) is 0 Å². The smallest absolute Gasteiger partial charge is 0.237 e. The Kier molecular flexibility index (Phi) is 5.32. The molecule has 2 aromatic rings. The number of piperazine rings is 1. The summed E-state index contributed by atoms with van der Waals surface area (Å²) >= 11 is 0. The first-order valence-corrected chi connectivity index (χ1v) is 8.30. The normalized spacial score (nSPS) is 15.0. The second-order valence-corrected chi connectivity index (χ2v) is 6.19. The van der Waals surface area contributed by atoms with Crippen LogP contribution in [0, 0.1) is 11.3 Å². The van der Waals surface area contributed by atoms with Crippen LogP contribution in [0.5, 0.6) is 5.75 Å². The molecule has 5 nitrogen and oxygen atoms in total. The lowest BCUT2D eigenvalue weighted by Crippen LogP contribution is -2.49. The summed E-state index contributed by atoms with van der Waals surface area (Å²) in [7, 11) is 1.64. The Bertz CT molecular complexity index is 798. The number of amides is 1. The lowest BCUT2D eigenvalue weighted by atomic mass is 10.1. The molecule has 1 aliphatic rings. The number of hydrogen-bond acceptors (Lipinski definition) is 4. The quantitative estimate of drug-likeness (QED) is 0.842. The van der Waals surface area contributed by atoms with E-state index in [1.807, 2.05) is 47.4 Å². The van der Waals surface area contributed by atoms with E-state index in [2.05, 4.69) is 11.0 Å². The number of nitrogens with zero attached hydrogens (tertiary/aromatic N) is 3. The Hall–Kier alpha value is -2.84. The predicted molar refractivity (Wildman–Crippen MR) is 94.8 cm³/mol. The first-order valence-electron chi connectivity index (χ1n) is 8.30. The summed E-state index contributed by atoms with van der Waals surface area (Å²) < 4.78 is 5.24. The van der Waals surface area contributed by atoms with Gasteiger partial charge in [-0.25, -0.2) is 0 Å². The number of carbonyl (C=O) groups is 1. The van der Waals surface area contributed by atoms with Gasteiger partial charge in [-0.3, -0.25) is 9.69 Å². The van der Waals surface area contributed by atoms with E-state index < -0.39 is 0 Å². The molecule has 0 N–H and O–H groups in total. The van der Waals surface area contributed by atoms with Crippen molar-refractivity contribution in [3.8, 4) is 11.8 Å². The van der Waals surface area contributed by atoms with Crippen LogP contribution in [-0.4, -0.2) is 42.5 Å². The maximum absolute atomic E-state index is 12.5. The van der Waals surface area contributed by atoms with Gasteiger partial charge in [-0.05, 0) is 35.4 Å². The van der Waals surface area contributed by atoms with E-state index in [1.165, 1.54) is 0 Å². The molecule has 2 aromatic carbocycles. The average Bonchev–Trinajstić information content (AvgIpc) is 2.64. The molecule has 0 bridgehead atoms. The number of rotatable bonds is 5. The third-order valence-electron chi connectivity index (χ3n) is 4.37. The topological polar surface area (TPSA) is 56.6 Å². The Morgan fingerprint density at radius 3 is 2.56 bits per heavy atom. The zero-order valence-corrected chi connectivity index (χ0v) is 14.3. The fourth-order valence-corrected chi connectivity index (χ4v) is 3.05. The van der Waals surface area contributed by atoms with Gasteiger partial charge in [-0.1, -0.05) is 24.3 Å². The van der Waals surface area contributed by atoms with Crippen LogP contribution in [0.1, 0.15) is 16.7 Å². The number of nitriles is 1. The molecule has 0 radical (unpaired) electrons. The van der Waals surface area contributed by atoms with Crippen molar-refractivity contribution in [3.05, 3.63) is 65.2 Å². The second-order valence-electron chi connectivity index (χ2n) is 6.19. The third kappa shape index (κ3) is 4.37. The number of benzene rings is 2. The summed E-state index contributed by atoms with van der Waals surface area (Å²) in [6.07, 6.45) is 0. The van der Waals surface area contributed by atoms with Crippen molar-refractivity contribution in [3.63, 3.8) is 0 Å². The van der Waals surface area contributed by atoms with Crippen molar-refractivity contribution in [2.75, 3.05) is 26.7 Å². The first kappa shape index (κ1) is 17.0. The van der Waals surface area contributed by atoms with Gasteiger partial charge in [0, 0.05) is 26.2 Å². The number of methoxy groups -OCH3 is 1. The van der Waals surface area contributed by atoms with Gasteiger partial charge < -0.3 is 9.64 Å². The summed E-state index contributed by atoms with van der Waals surface area (Å²) in [5.74, 6) is 0.937. The van der Waals surface area contributed by atoms with Crippen LogP contribution < -0.4 is 4.74 Å². The zero-order chi connectivity index (χ0) is 17.6. The Morgan fingerprint density at radius 1 is 1.08 bits per heavy atom. The van der Waals surface area contributed by atoms with Crippen LogP contribution in [0.25, 0.3) is 0 Å². The van der Waals surface area contributed by atoms with Crippen molar-refractivity contribution >= 4 is 5.91 Å². The Morgan fingerprint density at radius 2 is 1.84 bits per heavy atom. The molecule has 0 saturated carbocycles. The van der Waals surface area contributed by atoms with E-state index in [1.54, 1.807) is 13.2 Å². The van der Waals surface area contributed by atoms with E-state index in [0.717, 1.165) is 23.4 Å². The van der Waals surface area contributed by atoms with Crippen molar-refractivity contribution in [1.29, 1.82) is 5.26 Å². The van der Waals surface area contributed by atoms with Gasteiger partial charge in [0.1, 0.15) is 5.75 Å². The maximum atomic E-state index is 12.5. The van der Waals surface area contributed by atoms with Crippen molar-refractivity contribution < 1.29 is 9.53 Å². The van der Waals surface area contributed by atoms with Gasteiger partial charge in [0.05, 0.1) is 25.3 Å². The van der Waals surface area contributed by atoms with Gasteiger partial charge >= 0.3 is 0 Å². The molecule has 1 saturated heterocycles. The molecule has 0 unspecified atom stereocenters. The highest BCUT2D eigenvalue weighted by Crippen LogP contribution is 2.17. The predicted octanol–water partition coefficient (Wildman–Crippen LogP) is 2.41. The maximum Gasteiger partial charge on any atom is 0.237 e. The molecule has 0 aromatic heterocycles. The average molecular weight is 335 g/mol. The number of hydrogen-bond donors (Lipinski definition) is 0. The third-order valence-corrected chi connectivity index (χ3v) is 4.37. The van der Waals surface area contributed by atoms with Crippen molar-refractivity contribution in [2.24, 2.45) is 0 Å². The first-order chi connectivity index (χ1) is 12.2. The summed E-state index contributed by atoms with van der Waals surface area (Å²) in [5.41, 5.74) is 2.79. The van der Waals surface area contributed by atoms with E-state index >= 15 is 0 Å².